The van der Waals surface area contributed by atoms with Crippen LogP contribution in [0.3, 0.4) is 0 Å². The van der Waals surface area contributed by atoms with Crippen LogP contribution in [0.15, 0.2) is 49.1 Å². The number of anilines is 2. The molecule has 1 fully saturated rings. The van der Waals surface area contributed by atoms with E-state index in [9.17, 15) is 9.18 Å². The quantitative estimate of drug-likeness (QED) is 0.422. The van der Waals surface area contributed by atoms with Crippen LogP contribution < -0.4 is 10.6 Å². The maximum absolute atomic E-state index is 14.1. The predicted molar refractivity (Wildman–Crippen MR) is 118 cm³/mol. The number of fused-ring (bicyclic) bond motifs is 1. The second kappa shape index (κ2) is 8.70. The fraction of sp³-hybridized carbons (Fsp3) is 0.261. The van der Waals surface area contributed by atoms with Crippen molar-refractivity contribution in [2.45, 2.75) is 38.1 Å². The van der Waals surface area contributed by atoms with Crippen molar-refractivity contribution in [2.75, 3.05) is 5.32 Å². The van der Waals surface area contributed by atoms with Crippen molar-refractivity contribution in [3.63, 3.8) is 0 Å². The zero-order valence-corrected chi connectivity index (χ0v) is 17.3. The molecule has 0 bridgehead atoms. The average Bonchev–Trinajstić information content (AvgIpc) is 3.47. The van der Waals surface area contributed by atoms with Gasteiger partial charge in [0.2, 0.25) is 0 Å². The van der Waals surface area contributed by atoms with Gasteiger partial charge in [0, 0.05) is 36.2 Å². The third kappa shape index (κ3) is 4.27. The number of aromatic amines is 1. The van der Waals surface area contributed by atoms with Crippen molar-refractivity contribution in [1.29, 1.82) is 0 Å². The fourth-order valence-corrected chi connectivity index (χ4v) is 4.10. The number of hydrogen-bond acceptors (Lipinski definition) is 6. The molecule has 3 N–H and O–H groups in total. The van der Waals surface area contributed by atoms with E-state index < -0.39 is 5.82 Å². The van der Waals surface area contributed by atoms with Crippen molar-refractivity contribution >= 4 is 28.4 Å². The number of aromatic nitrogens is 5. The number of nitrogens with one attached hydrogen (secondary N) is 3. The number of nitrogens with zero attached hydrogens (tertiary/aromatic N) is 4. The summed E-state index contributed by atoms with van der Waals surface area (Å²) in [6.45, 7) is 0.150. The third-order valence-corrected chi connectivity index (χ3v) is 5.64. The Bertz CT molecular complexity index is 1250. The molecule has 5 rings (SSSR count). The lowest BCUT2D eigenvalue weighted by Crippen LogP contribution is -2.24. The van der Waals surface area contributed by atoms with E-state index in [0.29, 0.717) is 28.3 Å². The number of pyridine rings is 1. The molecule has 162 valence electrons. The van der Waals surface area contributed by atoms with Gasteiger partial charge in [-0.05, 0) is 48.7 Å². The predicted octanol–water partition coefficient (Wildman–Crippen LogP) is 4.22. The van der Waals surface area contributed by atoms with E-state index in [0.717, 1.165) is 24.4 Å². The number of rotatable bonds is 6. The average molecular weight is 431 g/mol. The van der Waals surface area contributed by atoms with E-state index in [-0.39, 0.29) is 18.1 Å². The summed E-state index contributed by atoms with van der Waals surface area (Å²) in [4.78, 5) is 33.0. The molecule has 1 aliphatic rings. The van der Waals surface area contributed by atoms with Gasteiger partial charge in [-0.3, -0.25) is 9.78 Å². The second-order valence-corrected chi connectivity index (χ2v) is 7.92. The Kier molecular flexibility index (Phi) is 5.45. The Morgan fingerprint density at radius 1 is 1.09 bits per heavy atom. The maximum Gasteiger partial charge on any atom is 0.272 e. The first kappa shape index (κ1) is 20.0. The van der Waals surface area contributed by atoms with E-state index in [1.54, 1.807) is 30.6 Å². The highest BCUT2D eigenvalue weighted by Crippen LogP contribution is 2.33. The van der Waals surface area contributed by atoms with Crippen LogP contribution in [0.25, 0.3) is 11.2 Å². The van der Waals surface area contributed by atoms with Gasteiger partial charge in [-0.2, -0.15) is 0 Å². The molecule has 0 atom stereocenters. The number of benzene rings is 1. The molecule has 9 heteroatoms. The van der Waals surface area contributed by atoms with Crippen LogP contribution >= 0.6 is 0 Å². The number of amides is 1. The van der Waals surface area contributed by atoms with Crippen molar-refractivity contribution in [1.82, 2.24) is 30.2 Å². The molecule has 0 aliphatic heterocycles. The number of halogens is 1. The van der Waals surface area contributed by atoms with Crippen molar-refractivity contribution in [3.05, 3.63) is 72.0 Å². The Morgan fingerprint density at radius 3 is 2.72 bits per heavy atom. The molecule has 4 aromatic rings. The highest BCUT2D eigenvalue weighted by molar-refractivity contribution is 6.02. The van der Waals surface area contributed by atoms with Gasteiger partial charge in [0.25, 0.3) is 5.91 Å². The van der Waals surface area contributed by atoms with Gasteiger partial charge >= 0.3 is 0 Å². The molecular weight excluding hydrogens is 409 g/mol. The van der Waals surface area contributed by atoms with Crippen LogP contribution in [-0.2, 0) is 6.54 Å². The number of hydrogen-bond donors (Lipinski definition) is 3. The highest BCUT2D eigenvalue weighted by atomic mass is 19.1. The molecule has 3 aromatic heterocycles. The van der Waals surface area contributed by atoms with Gasteiger partial charge in [0.1, 0.15) is 23.5 Å². The molecule has 1 aromatic carbocycles. The van der Waals surface area contributed by atoms with Crippen molar-refractivity contribution in [3.8, 4) is 0 Å². The number of carbonyl (C=O) groups excluding carboxylic acids is 1. The monoisotopic (exact) mass is 431 g/mol. The summed E-state index contributed by atoms with van der Waals surface area (Å²) >= 11 is 0. The van der Waals surface area contributed by atoms with Gasteiger partial charge in [-0.1, -0.05) is 12.8 Å². The van der Waals surface area contributed by atoms with Crippen molar-refractivity contribution < 1.29 is 9.18 Å². The molecule has 1 saturated carbocycles. The topological polar surface area (TPSA) is 108 Å². The first-order chi connectivity index (χ1) is 15.7. The zero-order chi connectivity index (χ0) is 21.9. The van der Waals surface area contributed by atoms with Crippen LogP contribution in [0.1, 0.15) is 53.5 Å². The number of H-pyrrole nitrogens is 1. The lowest BCUT2D eigenvalue weighted by molar-refractivity contribution is 0.0947. The normalized spacial score (nSPS) is 14.0. The second-order valence-electron chi connectivity index (χ2n) is 7.92. The van der Waals surface area contributed by atoms with E-state index in [4.69, 9.17) is 0 Å². The number of imidazole rings is 1. The Balaban J connectivity index is 1.32. The van der Waals surface area contributed by atoms with E-state index >= 15 is 0 Å². The molecular formula is C23H22FN7O. The standard InChI is InChI=1S/C23H22FN7O/c24-16-9-14(10-18(11-16)29-17-5-7-25-8-6-17)12-26-23(32)20-19-22(28-13-27-20)31-21(30-19)15-3-1-2-4-15/h5-11,13,15H,1-4,12H2,(H,25,29)(H,26,32)(H,27,28,30,31). The summed E-state index contributed by atoms with van der Waals surface area (Å²) < 4.78 is 14.1. The van der Waals surface area contributed by atoms with Crippen LogP contribution in [-0.4, -0.2) is 30.8 Å². The zero-order valence-electron chi connectivity index (χ0n) is 17.3. The summed E-state index contributed by atoms with van der Waals surface area (Å²) in [7, 11) is 0. The maximum atomic E-state index is 14.1. The fourth-order valence-electron chi connectivity index (χ4n) is 4.10. The molecule has 0 unspecified atom stereocenters. The molecule has 3 heterocycles. The van der Waals surface area contributed by atoms with Crippen LogP contribution in [0, 0.1) is 5.82 Å². The molecule has 0 spiro atoms. The smallest absolute Gasteiger partial charge is 0.272 e. The van der Waals surface area contributed by atoms with E-state index in [2.05, 4.69) is 35.6 Å². The van der Waals surface area contributed by atoms with Crippen molar-refractivity contribution in [2.24, 2.45) is 0 Å². The minimum atomic E-state index is -0.396. The lowest BCUT2D eigenvalue weighted by atomic mass is 10.1. The summed E-state index contributed by atoms with van der Waals surface area (Å²) in [6, 6.07) is 8.15. The first-order valence-corrected chi connectivity index (χ1v) is 10.6. The minimum absolute atomic E-state index is 0.150. The van der Waals surface area contributed by atoms with E-state index in [1.807, 2.05) is 0 Å². The molecule has 1 aliphatic carbocycles. The Hall–Kier alpha value is -3.88. The van der Waals surface area contributed by atoms with Gasteiger partial charge in [0.15, 0.2) is 11.3 Å². The molecule has 0 saturated heterocycles. The third-order valence-electron chi connectivity index (χ3n) is 5.64. The van der Waals surface area contributed by atoms with Gasteiger partial charge < -0.3 is 15.6 Å². The highest BCUT2D eigenvalue weighted by Gasteiger charge is 2.23. The van der Waals surface area contributed by atoms with Crippen LogP contribution in [0.4, 0.5) is 15.8 Å². The SMILES string of the molecule is O=C(NCc1cc(F)cc(Nc2ccncc2)c1)c1ncnc2nc(C3CCCC3)[nH]c12. The molecule has 32 heavy (non-hydrogen) atoms. The first-order valence-electron chi connectivity index (χ1n) is 10.6. The van der Waals surface area contributed by atoms with Gasteiger partial charge in [0.05, 0.1) is 0 Å². The Labute approximate surface area is 183 Å². The summed E-state index contributed by atoms with van der Waals surface area (Å²) in [5.74, 6) is 0.474. The Morgan fingerprint density at radius 2 is 1.91 bits per heavy atom. The molecule has 1 amide bonds. The largest absolute Gasteiger partial charge is 0.355 e. The number of carbonyl (C=O) groups is 1. The molecule has 8 nitrogen and oxygen atoms in total. The minimum Gasteiger partial charge on any atom is -0.355 e. The van der Waals surface area contributed by atoms with Crippen LogP contribution in [0.5, 0.6) is 0 Å². The summed E-state index contributed by atoms with van der Waals surface area (Å²) in [5.41, 5.74) is 3.25. The summed E-state index contributed by atoms with van der Waals surface area (Å²) in [6.07, 6.45) is 9.19. The van der Waals surface area contributed by atoms with E-state index in [1.165, 1.54) is 31.3 Å². The lowest BCUT2D eigenvalue weighted by Gasteiger charge is -2.10. The molecule has 0 radical (unpaired) electrons. The van der Waals surface area contributed by atoms with Gasteiger partial charge in [-0.25, -0.2) is 19.3 Å². The van der Waals surface area contributed by atoms with Gasteiger partial charge in [-0.15, -0.1) is 0 Å². The summed E-state index contributed by atoms with van der Waals surface area (Å²) in [5, 5.41) is 5.95. The van der Waals surface area contributed by atoms with Crippen LogP contribution in [0.2, 0.25) is 0 Å².